The lowest BCUT2D eigenvalue weighted by Gasteiger charge is -2.45. The molecule has 3 heterocycles. The summed E-state index contributed by atoms with van der Waals surface area (Å²) < 4.78 is 83.6. The molecular weight excluding hydrogens is 964 g/mol. The van der Waals surface area contributed by atoms with E-state index in [1.54, 1.807) is 19.1 Å². The molecule has 0 amide bonds. The van der Waals surface area contributed by atoms with Crippen LogP contribution in [0.4, 0.5) is 0 Å². The van der Waals surface area contributed by atoms with Crippen molar-refractivity contribution in [2.24, 2.45) is 5.92 Å². The second kappa shape index (κ2) is 26.9. The monoisotopic (exact) mass is 1020 g/mol. The van der Waals surface area contributed by atoms with E-state index in [9.17, 15) is 47.9 Å². The molecule has 25 nitrogen and oxygen atoms in total. The lowest BCUT2D eigenvalue weighted by atomic mass is 9.86. The van der Waals surface area contributed by atoms with Crippen molar-refractivity contribution in [2.45, 2.75) is 143 Å². The molecule has 72 heavy (non-hydrogen) atoms. The number of esters is 10. The van der Waals surface area contributed by atoms with Crippen LogP contribution >= 0.6 is 0 Å². The van der Waals surface area contributed by atoms with Crippen LogP contribution in [0.2, 0.25) is 0 Å². The van der Waals surface area contributed by atoms with Crippen LogP contribution in [0.1, 0.15) is 74.3 Å². The van der Waals surface area contributed by atoms with Crippen LogP contribution in [0.25, 0.3) is 0 Å². The zero-order chi connectivity index (χ0) is 53.4. The molecule has 0 radical (unpaired) electrons. The summed E-state index contributed by atoms with van der Waals surface area (Å²) >= 11 is 0. The van der Waals surface area contributed by atoms with Gasteiger partial charge in [0, 0.05) is 73.3 Å². The first kappa shape index (κ1) is 57.5. The predicted molar refractivity (Wildman–Crippen MR) is 234 cm³/mol. The third kappa shape index (κ3) is 16.8. The number of allylic oxidation sites excluding steroid dienone is 1. The molecule has 12 unspecified atom stereocenters. The summed E-state index contributed by atoms with van der Waals surface area (Å²) in [6.07, 6.45) is -14.0. The highest BCUT2D eigenvalue weighted by molar-refractivity contribution is 5.90. The largest absolute Gasteiger partial charge is 0.468 e. The van der Waals surface area contributed by atoms with Gasteiger partial charge in [0.2, 0.25) is 25.0 Å². The van der Waals surface area contributed by atoms with Gasteiger partial charge < -0.3 is 71.1 Å². The minimum absolute atomic E-state index is 0.101. The molecule has 2 fully saturated rings. The Hall–Kier alpha value is -7.12. The van der Waals surface area contributed by atoms with E-state index >= 15 is 0 Å². The second-order valence-corrected chi connectivity index (χ2v) is 16.1. The Morgan fingerprint density at radius 2 is 1.00 bits per heavy atom. The quantitative estimate of drug-likeness (QED) is 0.102. The molecule has 0 saturated carbocycles. The number of hydrogen-bond donors (Lipinski definition) is 0. The Kier molecular flexibility index (Phi) is 21.5. The van der Waals surface area contributed by atoms with E-state index in [0.717, 1.165) is 68.8 Å². The number of methoxy groups -OCH3 is 1. The maximum atomic E-state index is 13.5. The van der Waals surface area contributed by atoms with Crippen LogP contribution < -0.4 is 4.74 Å². The second-order valence-electron chi connectivity index (χ2n) is 16.1. The van der Waals surface area contributed by atoms with Crippen LogP contribution in [0.5, 0.6) is 5.75 Å². The number of rotatable bonds is 20. The van der Waals surface area contributed by atoms with Crippen LogP contribution in [-0.4, -0.2) is 154 Å². The summed E-state index contributed by atoms with van der Waals surface area (Å²) in [4.78, 5) is 123. The number of carbonyl (C=O) groups is 10. The van der Waals surface area contributed by atoms with Crippen LogP contribution in [-0.2, 0) is 121 Å². The molecular formula is C47H58O25. The van der Waals surface area contributed by atoms with E-state index in [2.05, 4.69) is 0 Å². The number of carbonyl (C=O) groups excluding carboxylic acids is 10. The summed E-state index contributed by atoms with van der Waals surface area (Å²) in [6.45, 7) is 9.12. The molecule has 0 N–H and O–H groups in total. The zero-order valence-corrected chi connectivity index (χ0v) is 41.1. The zero-order valence-electron chi connectivity index (χ0n) is 41.1. The lowest BCUT2D eigenvalue weighted by molar-refractivity contribution is -0.331. The molecule has 3 aliphatic heterocycles. The molecule has 4 rings (SSSR count). The average Bonchev–Trinajstić information content (AvgIpc) is 3.28. The SMILES string of the molecule is CC=C1C(OC2OC(COC(C)=O)C(OC(C)=O)C(OC(C)=O)C2OC(C)=O)OC=C(C(=O)OC)C1CC(=O)OCCc1ccc(OC2OC(COC(C)=O)C(OC(C)=O)C(OC(C)=O)C2OC(C)=O)cc1. The molecule has 25 heteroatoms. The Bertz CT molecular complexity index is 2220. The Balaban J connectivity index is 1.51. The van der Waals surface area contributed by atoms with Gasteiger partial charge >= 0.3 is 59.7 Å². The highest BCUT2D eigenvalue weighted by Gasteiger charge is 2.55. The summed E-state index contributed by atoms with van der Waals surface area (Å²) in [5.41, 5.74) is 0.719. The van der Waals surface area contributed by atoms with Crippen molar-refractivity contribution in [3.63, 3.8) is 0 Å². The Morgan fingerprint density at radius 1 is 0.556 bits per heavy atom. The van der Waals surface area contributed by atoms with Crippen molar-refractivity contribution in [1.82, 2.24) is 0 Å². The van der Waals surface area contributed by atoms with Gasteiger partial charge in [0.1, 0.15) is 31.2 Å². The molecule has 2 saturated heterocycles. The topological polar surface area (TPSA) is 309 Å². The van der Waals surface area contributed by atoms with Gasteiger partial charge in [0.05, 0.1) is 32.0 Å². The molecule has 396 valence electrons. The molecule has 0 aliphatic carbocycles. The fourth-order valence-electron chi connectivity index (χ4n) is 7.70. The molecule has 0 bridgehead atoms. The van der Waals surface area contributed by atoms with E-state index in [1.165, 1.54) is 18.2 Å². The normalized spacial score (nSPS) is 27.2. The van der Waals surface area contributed by atoms with Crippen molar-refractivity contribution < 1.29 is 119 Å². The molecule has 1 aromatic carbocycles. The van der Waals surface area contributed by atoms with Gasteiger partial charge in [0.25, 0.3) is 0 Å². The van der Waals surface area contributed by atoms with Gasteiger partial charge in [-0.15, -0.1) is 0 Å². The van der Waals surface area contributed by atoms with Crippen molar-refractivity contribution in [3.05, 3.63) is 53.3 Å². The predicted octanol–water partition coefficient (Wildman–Crippen LogP) is 1.70. The van der Waals surface area contributed by atoms with E-state index in [4.69, 9.17) is 71.1 Å². The first-order valence-electron chi connectivity index (χ1n) is 22.3. The minimum Gasteiger partial charge on any atom is -0.468 e. The molecule has 0 aromatic heterocycles. The van der Waals surface area contributed by atoms with Gasteiger partial charge in [-0.2, -0.15) is 0 Å². The standard InChI is InChI=1S/C47H58O25/c1-11-32-33(34(44(57)58-10)19-62-45(32)72-47-43(68-29(9)55)41(66-27(7)53)39(64-25(5)51)36(71-47)21-61-23(3)49)18-37(56)59-17-16-30-12-14-31(15-13-30)69-46-42(67-28(8)54)40(65-26(6)52)38(63-24(4)50)35(70-46)20-60-22(2)48/h11-15,19,33,35-36,38-43,45-47H,16-18,20-21H2,1-10H3. The molecule has 1 aromatic rings. The highest BCUT2D eigenvalue weighted by Crippen LogP contribution is 2.38. The van der Waals surface area contributed by atoms with E-state index in [-0.39, 0.29) is 29.9 Å². The summed E-state index contributed by atoms with van der Waals surface area (Å²) in [6, 6.07) is 6.28. The number of ether oxygens (including phenoxy) is 15. The minimum atomic E-state index is -1.69. The Labute approximate surface area is 412 Å². The highest BCUT2D eigenvalue weighted by atomic mass is 16.8. The summed E-state index contributed by atoms with van der Waals surface area (Å²) in [7, 11) is 1.12. The first-order valence-corrected chi connectivity index (χ1v) is 22.3. The first-order chi connectivity index (χ1) is 34.0. The Morgan fingerprint density at radius 3 is 1.44 bits per heavy atom. The molecule has 0 spiro atoms. The fourth-order valence-corrected chi connectivity index (χ4v) is 7.70. The van der Waals surface area contributed by atoms with Gasteiger partial charge in [-0.3, -0.25) is 43.2 Å². The summed E-state index contributed by atoms with van der Waals surface area (Å²) in [5, 5.41) is 0. The maximum absolute atomic E-state index is 13.5. The lowest BCUT2D eigenvalue weighted by Crippen LogP contribution is -2.63. The third-order valence-electron chi connectivity index (χ3n) is 10.5. The fraction of sp³-hybridized carbons (Fsp3) is 0.574. The third-order valence-corrected chi connectivity index (χ3v) is 10.5. The van der Waals surface area contributed by atoms with Crippen LogP contribution in [0.3, 0.4) is 0 Å². The van der Waals surface area contributed by atoms with Crippen molar-refractivity contribution in [2.75, 3.05) is 26.9 Å². The molecule has 3 aliphatic rings. The van der Waals surface area contributed by atoms with Gasteiger partial charge in [0.15, 0.2) is 30.5 Å². The van der Waals surface area contributed by atoms with Gasteiger partial charge in [-0.1, -0.05) is 18.2 Å². The average molecular weight is 1020 g/mol. The van der Waals surface area contributed by atoms with Gasteiger partial charge in [-0.25, -0.2) is 4.79 Å². The smallest absolute Gasteiger partial charge is 0.337 e. The summed E-state index contributed by atoms with van der Waals surface area (Å²) in [5.74, 6) is -9.00. The molecule has 12 atom stereocenters. The van der Waals surface area contributed by atoms with Crippen molar-refractivity contribution in [1.29, 1.82) is 0 Å². The van der Waals surface area contributed by atoms with E-state index in [1.807, 2.05) is 0 Å². The van der Waals surface area contributed by atoms with Crippen LogP contribution in [0, 0.1) is 5.92 Å². The maximum Gasteiger partial charge on any atom is 0.337 e. The van der Waals surface area contributed by atoms with E-state index < -0.39 is 153 Å². The van der Waals surface area contributed by atoms with Gasteiger partial charge in [-0.05, 0) is 24.6 Å². The number of hydrogen-bond acceptors (Lipinski definition) is 25. The van der Waals surface area contributed by atoms with Crippen molar-refractivity contribution >= 4 is 59.7 Å². The number of benzene rings is 1. The van der Waals surface area contributed by atoms with E-state index in [0.29, 0.717) is 5.56 Å². The van der Waals surface area contributed by atoms with Crippen molar-refractivity contribution in [3.8, 4) is 5.75 Å². The van der Waals surface area contributed by atoms with Crippen LogP contribution in [0.15, 0.2) is 47.7 Å².